The van der Waals surface area contributed by atoms with E-state index in [9.17, 15) is 14.9 Å². The molecule has 6 heteroatoms. The average molecular weight is 289 g/mol. The van der Waals surface area contributed by atoms with Gasteiger partial charge in [0, 0.05) is 17.9 Å². The molecule has 2 rings (SSSR count). The van der Waals surface area contributed by atoms with Gasteiger partial charge >= 0.3 is 5.97 Å². The predicted molar refractivity (Wildman–Crippen MR) is 77.6 cm³/mol. The van der Waals surface area contributed by atoms with Gasteiger partial charge in [0.2, 0.25) is 0 Å². The first-order chi connectivity index (χ1) is 9.99. The third-order valence-corrected chi connectivity index (χ3v) is 3.15. The zero-order valence-electron chi connectivity index (χ0n) is 11.5. The fourth-order valence-electron chi connectivity index (χ4n) is 2.12. The molecule has 0 aliphatic heterocycles. The van der Waals surface area contributed by atoms with Gasteiger partial charge in [0.15, 0.2) is 0 Å². The Balaban J connectivity index is 2.31. The van der Waals surface area contributed by atoms with E-state index < -0.39 is 10.9 Å². The predicted octanol–water partition coefficient (Wildman–Crippen LogP) is 3.38. The summed E-state index contributed by atoms with van der Waals surface area (Å²) in [5.41, 5.74) is 0.0242. The standard InChI is InChI=1S/C15H15NO5/c1-10(6-9-15(17)18)21-14-8-7-13(16(19)20)11-4-2-3-5-12(11)14/h2-5,7-8,10H,6,9H2,1H3,(H,17,18). The first-order valence-electron chi connectivity index (χ1n) is 6.53. The fraction of sp³-hybridized carbons (Fsp3) is 0.267. The summed E-state index contributed by atoms with van der Waals surface area (Å²) in [6.07, 6.45) is 0.109. The molecule has 0 aliphatic carbocycles. The minimum atomic E-state index is -0.876. The Morgan fingerprint density at radius 3 is 2.57 bits per heavy atom. The summed E-state index contributed by atoms with van der Waals surface area (Å²) in [7, 11) is 0. The average Bonchev–Trinajstić information content (AvgIpc) is 2.45. The topological polar surface area (TPSA) is 89.7 Å². The van der Waals surface area contributed by atoms with Crippen molar-refractivity contribution >= 4 is 22.4 Å². The molecule has 0 saturated heterocycles. The minimum Gasteiger partial charge on any atom is -0.490 e. The molecule has 0 spiro atoms. The van der Waals surface area contributed by atoms with Crippen LogP contribution in [0.4, 0.5) is 5.69 Å². The van der Waals surface area contributed by atoms with Crippen LogP contribution in [0.25, 0.3) is 10.8 Å². The van der Waals surface area contributed by atoms with Gasteiger partial charge in [-0.25, -0.2) is 0 Å². The molecule has 21 heavy (non-hydrogen) atoms. The van der Waals surface area contributed by atoms with Gasteiger partial charge in [-0.15, -0.1) is 0 Å². The SMILES string of the molecule is CC(CCC(=O)O)Oc1ccc([N+](=O)[O-])c2ccccc12. The number of nitro benzene ring substituents is 1. The number of hydrogen-bond donors (Lipinski definition) is 1. The van der Waals surface area contributed by atoms with Gasteiger partial charge in [-0.3, -0.25) is 14.9 Å². The van der Waals surface area contributed by atoms with Gasteiger partial charge in [0.05, 0.1) is 16.4 Å². The number of rotatable bonds is 6. The number of carboxylic acids is 1. The zero-order valence-corrected chi connectivity index (χ0v) is 11.5. The Kier molecular flexibility index (Phi) is 4.37. The van der Waals surface area contributed by atoms with Crippen molar-refractivity contribution in [3.8, 4) is 5.75 Å². The van der Waals surface area contributed by atoms with E-state index in [0.29, 0.717) is 22.9 Å². The van der Waals surface area contributed by atoms with Crippen molar-refractivity contribution in [3.05, 3.63) is 46.5 Å². The number of carboxylic acid groups (broad SMARTS) is 1. The quantitative estimate of drug-likeness (QED) is 0.650. The minimum absolute atomic E-state index is 0.0199. The van der Waals surface area contributed by atoms with Crippen LogP contribution in [-0.4, -0.2) is 22.1 Å². The maximum absolute atomic E-state index is 11.0. The van der Waals surface area contributed by atoms with Crippen molar-refractivity contribution in [1.29, 1.82) is 0 Å². The molecule has 1 unspecified atom stereocenters. The van der Waals surface area contributed by atoms with Crippen LogP contribution in [0, 0.1) is 10.1 Å². The molecular formula is C15H15NO5. The summed E-state index contributed by atoms with van der Waals surface area (Å²) in [5.74, 6) is -0.354. The molecular weight excluding hydrogens is 274 g/mol. The Hall–Kier alpha value is -2.63. The second-order valence-electron chi connectivity index (χ2n) is 4.75. The normalized spacial score (nSPS) is 12.0. The van der Waals surface area contributed by atoms with Crippen molar-refractivity contribution in [1.82, 2.24) is 0 Å². The summed E-state index contributed by atoms with van der Waals surface area (Å²) in [6.45, 7) is 1.78. The fourth-order valence-corrected chi connectivity index (χ4v) is 2.12. The van der Waals surface area contributed by atoms with E-state index in [4.69, 9.17) is 9.84 Å². The van der Waals surface area contributed by atoms with E-state index in [1.165, 1.54) is 6.07 Å². The van der Waals surface area contributed by atoms with Crippen molar-refractivity contribution in [2.24, 2.45) is 0 Å². The number of carbonyl (C=O) groups is 1. The molecule has 0 amide bonds. The Bertz CT molecular complexity index is 683. The molecule has 110 valence electrons. The number of benzene rings is 2. The van der Waals surface area contributed by atoms with Gasteiger partial charge in [0.25, 0.3) is 5.69 Å². The van der Waals surface area contributed by atoms with E-state index >= 15 is 0 Å². The van der Waals surface area contributed by atoms with E-state index in [1.54, 1.807) is 37.3 Å². The molecule has 2 aromatic carbocycles. The molecule has 0 fully saturated rings. The maximum Gasteiger partial charge on any atom is 0.303 e. The summed E-state index contributed by atoms with van der Waals surface area (Å²) < 4.78 is 5.73. The van der Waals surface area contributed by atoms with E-state index in [2.05, 4.69) is 0 Å². The lowest BCUT2D eigenvalue weighted by Crippen LogP contribution is -2.14. The van der Waals surface area contributed by atoms with Gasteiger partial charge in [-0.05, 0) is 25.5 Å². The number of hydrogen-bond acceptors (Lipinski definition) is 4. The third-order valence-electron chi connectivity index (χ3n) is 3.15. The number of fused-ring (bicyclic) bond motifs is 1. The molecule has 2 aromatic rings. The van der Waals surface area contributed by atoms with Gasteiger partial charge in [-0.2, -0.15) is 0 Å². The van der Waals surface area contributed by atoms with E-state index in [-0.39, 0.29) is 18.2 Å². The van der Waals surface area contributed by atoms with Crippen molar-refractivity contribution < 1.29 is 19.6 Å². The molecule has 0 saturated carbocycles. The highest BCUT2D eigenvalue weighted by Crippen LogP contribution is 2.33. The largest absolute Gasteiger partial charge is 0.490 e. The van der Waals surface area contributed by atoms with Crippen molar-refractivity contribution in [2.45, 2.75) is 25.9 Å². The molecule has 1 N–H and O–H groups in total. The molecule has 0 bridgehead atoms. The van der Waals surface area contributed by atoms with Crippen LogP contribution in [0.15, 0.2) is 36.4 Å². The number of nitro groups is 1. The molecule has 0 heterocycles. The van der Waals surface area contributed by atoms with Gasteiger partial charge < -0.3 is 9.84 Å². The van der Waals surface area contributed by atoms with E-state index in [1.807, 2.05) is 0 Å². The van der Waals surface area contributed by atoms with Crippen LogP contribution < -0.4 is 4.74 Å². The number of ether oxygens (including phenoxy) is 1. The summed E-state index contributed by atoms with van der Waals surface area (Å²) in [6, 6.07) is 9.89. The van der Waals surface area contributed by atoms with Gasteiger partial charge in [-0.1, -0.05) is 18.2 Å². The van der Waals surface area contributed by atoms with Crippen LogP contribution in [0.3, 0.4) is 0 Å². The third kappa shape index (κ3) is 3.47. The monoisotopic (exact) mass is 289 g/mol. The molecule has 0 aromatic heterocycles. The smallest absolute Gasteiger partial charge is 0.303 e. The Morgan fingerprint density at radius 1 is 1.29 bits per heavy atom. The highest BCUT2D eigenvalue weighted by Gasteiger charge is 2.16. The Morgan fingerprint density at radius 2 is 1.95 bits per heavy atom. The lowest BCUT2D eigenvalue weighted by atomic mass is 10.1. The lowest BCUT2D eigenvalue weighted by Gasteiger charge is -2.15. The van der Waals surface area contributed by atoms with Crippen LogP contribution >= 0.6 is 0 Å². The maximum atomic E-state index is 11.0. The van der Waals surface area contributed by atoms with E-state index in [0.717, 1.165) is 0 Å². The van der Waals surface area contributed by atoms with Gasteiger partial charge in [0.1, 0.15) is 5.75 Å². The zero-order chi connectivity index (χ0) is 15.4. The highest BCUT2D eigenvalue weighted by atomic mass is 16.6. The second kappa shape index (κ2) is 6.21. The lowest BCUT2D eigenvalue weighted by molar-refractivity contribution is -0.383. The number of aliphatic carboxylic acids is 1. The van der Waals surface area contributed by atoms with Crippen molar-refractivity contribution in [3.63, 3.8) is 0 Å². The number of nitrogens with zero attached hydrogens (tertiary/aromatic N) is 1. The summed E-state index contributed by atoms with van der Waals surface area (Å²) in [4.78, 5) is 21.2. The van der Waals surface area contributed by atoms with Crippen molar-refractivity contribution in [2.75, 3.05) is 0 Å². The number of non-ortho nitro benzene ring substituents is 1. The van der Waals surface area contributed by atoms with Crippen LogP contribution in [0.5, 0.6) is 5.75 Å². The first-order valence-corrected chi connectivity index (χ1v) is 6.53. The molecule has 6 nitrogen and oxygen atoms in total. The molecule has 0 aliphatic rings. The van der Waals surface area contributed by atoms with Crippen LogP contribution in [0.1, 0.15) is 19.8 Å². The first kappa shape index (κ1) is 14.8. The van der Waals surface area contributed by atoms with Crippen LogP contribution in [-0.2, 0) is 4.79 Å². The van der Waals surface area contributed by atoms with Crippen LogP contribution in [0.2, 0.25) is 0 Å². The Labute approximate surface area is 121 Å². The highest BCUT2D eigenvalue weighted by molar-refractivity contribution is 5.95. The summed E-state index contributed by atoms with van der Waals surface area (Å²) in [5, 5.41) is 20.8. The summed E-state index contributed by atoms with van der Waals surface area (Å²) >= 11 is 0. The second-order valence-corrected chi connectivity index (χ2v) is 4.75. The molecule has 0 radical (unpaired) electrons. The molecule has 1 atom stereocenters.